The van der Waals surface area contributed by atoms with E-state index in [2.05, 4.69) is 14.9 Å². The fraction of sp³-hybridized carbons (Fsp3) is 0.0769. The Morgan fingerprint density at radius 3 is 2.64 bits per heavy atom. The Hall–Kier alpha value is -1.42. The second kappa shape index (κ2) is 6.78. The molecule has 3 rings (SSSR count). The number of sulfonamides is 1. The maximum absolute atomic E-state index is 12.1. The van der Waals surface area contributed by atoms with E-state index >= 15 is 0 Å². The number of aromatic nitrogens is 2. The molecule has 2 aromatic heterocycles. The number of nitrogens with one attached hydrogen (secondary N) is 1. The van der Waals surface area contributed by atoms with Gasteiger partial charge < -0.3 is 0 Å². The van der Waals surface area contributed by atoms with Crippen molar-refractivity contribution in [3.8, 4) is 0 Å². The van der Waals surface area contributed by atoms with Gasteiger partial charge in [0.2, 0.25) is 5.13 Å². The molecule has 22 heavy (non-hydrogen) atoms. The number of thiophene rings is 1. The fourth-order valence-electron chi connectivity index (χ4n) is 1.61. The van der Waals surface area contributed by atoms with E-state index in [1.54, 1.807) is 17.5 Å². The molecule has 9 heteroatoms. The summed E-state index contributed by atoms with van der Waals surface area (Å²) in [6.07, 6.45) is 0. The molecule has 0 unspecified atom stereocenters. The van der Waals surface area contributed by atoms with E-state index in [1.165, 1.54) is 28.7 Å². The number of benzene rings is 1. The lowest BCUT2D eigenvalue weighted by molar-refractivity contribution is 0.603. The summed E-state index contributed by atoms with van der Waals surface area (Å²) in [4.78, 5) is 0. The number of rotatable bonds is 6. The highest BCUT2D eigenvalue weighted by atomic mass is 32.2. The van der Waals surface area contributed by atoms with Crippen molar-refractivity contribution in [3.05, 3.63) is 53.4 Å². The highest BCUT2D eigenvalue weighted by Gasteiger charge is 2.17. The first kappa shape index (κ1) is 15.5. The third-order valence-electron chi connectivity index (χ3n) is 2.59. The highest BCUT2D eigenvalue weighted by molar-refractivity contribution is 8.00. The number of hydrogen-bond donors (Lipinski definition) is 1. The summed E-state index contributed by atoms with van der Waals surface area (Å²) in [7, 11) is -3.56. The van der Waals surface area contributed by atoms with Crippen LogP contribution in [0.15, 0.2) is 56.4 Å². The molecule has 0 amide bonds. The molecule has 1 N–H and O–H groups in total. The van der Waals surface area contributed by atoms with Gasteiger partial charge >= 0.3 is 0 Å². The summed E-state index contributed by atoms with van der Waals surface area (Å²) >= 11 is 3.93. The molecule has 2 heterocycles. The molecule has 0 radical (unpaired) electrons. The van der Waals surface area contributed by atoms with Crippen molar-refractivity contribution in [2.75, 3.05) is 4.72 Å². The Balaban J connectivity index is 1.64. The summed E-state index contributed by atoms with van der Waals surface area (Å²) < 4.78 is 27.6. The Morgan fingerprint density at radius 2 is 1.91 bits per heavy atom. The molecule has 0 saturated heterocycles. The van der Waals surface area contributed by atoms with Gasteiger partial charge in [-0.15, -0.1) is 21.5 Å². The molecule has 0 atom stereocenters. The molecule has 3 aromatic rings. The summed E-state index contributed by atoms with van der Waals surface area (Å²) in [6.45, 7) is 0. The molecule has 0 aliphatic heterocycles. The first-order chi connectivity index (χ1) is 10.6. The largest absolute Gasteiger partial charge is 0.273 e. The van der Waals surface area contributed by atoms with Crippen molar-refractivity contribution >= 4 is 49.6 Å². The van der Waals surface area contributed by atoms with Gasteiger partial charge in [-0.2, -0.15) is 0 Å². The minimum absolute atomic E-state index is 0.265. The lowest BCUT2D eigenvalue weighted by Crippen LogP contribution is -2.11. The Labute approximate surface area is 140 Å². The molecule has 1 aromatic carbocycles. The molecular weight excluding hydrogens is 358 g/mol. The lowest BCUT2D eigenvalue weighted by atomic mass is 10.2. The third-order valence-corrected chi connectivity index (χ3v) is 7.50. The van der Waals surface area contributed by atoms with Gasteiger partial charge in [-0.1, -0.05) is 59.5 Å². The summed E-state index contributed by atoms with van der Waals surface area (Å²) in [5.74, 6) is 0.771. The van der Waals surface area contributed by atoms with Crippen LogP contribution in [0.1, 0.15) is 5.56 Å². The Morgan fingerprint density at radius 1 is 1.09 bits per heavy atom. The maximum atomic E-state index is 12.1. The van der Waals surface area contributed by atoms with Gasteiger partial charge in [0.25, 0.3) is 10.0 Å². The van der Waals surface area contributed by atoms with E-state index in [0.717, 1.165) is 21.4 Å². The number of anilines is 1. The predicted octanol–water partition coefficient (Wildman–Crippen LogP) is 3.69. The van der Waals surface area contributed by atoms with Crippen LogP contribution in [-0.4, -0.2) is 18.6 Å². The van der Waals surface area contributed by atoms with Crippen LogP contribution in [0.25, 0.3) is 0 Å². The second-order valence-corrected chi connectivity index (χ2v) is 9.24. The maximum Gasteiger partial charge on any atom is 0.273 e. The van der Waals surface area contributed by atoms with Crippen LogP contribution >= 0.6 is 34.4 Å². The number of nitrogens with zero attached hydrogens (tertiary/aromatic N) is 2. The van der Waals surface area contributed by atoms with Crippen LogP contribution in [0.5, 0.6) is 0 Å². The van der Waals surface area contributed by atoms with E-state index in [1.807, 2.05) is 30.3 Å². The van der Waals surface area contributed by atoms with Crippen LogP contribution in [0.3, 0.4) is 0 Å². The molecule has 0 fully saturated rings. The topological polar surface area (TPSA) is 72.0 Å². The highest BCUT2D eigenvalue weighted by Crippen LogP contribution is 2.29. The predicted molar refractivity (Wildman–Crippen MR) is 91.0 cm³/mol. The van der Waals surface area contributed by atoms with Crippen molar-refractivity contribution < 1.29 is 8.42 Å². The third kappa shape index (κ3) is 3.86. The van der Waals surface area contributed by atoms with Gasteiger partial charge in [-0.3, -0.25) is 4.72 Å². The van der Waals surface area contributed by atoms with Gasteiger partial charge in [0.1, 0.15) is 4.21 Å². The van der Waals surface area contributed by atoms with E-state index < -0.39 is 10.0 Å². The Kier molecular flexibility index (Phi) is 4.77. The van der Waals surface area contributed by atoms with Crippen LogP contribution in [0.4, 0.5) is 5.13 Å². The van der Waals surface area contributed by atoms with E-state index in [4.69, 9.17) is 0 Å². The summed E-state index contributed by atoms with van der Waals surface area (Å²) in [6, 6.07) is 13.3. The van der Waals surface area contributed by atoms with Gasteiger partial charge in [-0.25, -0.2) is 8.42 Å². The minimum atomic E-state index is -3.56. The molecular formula is C13H11N3O2S4. The van der Waals surface area contributed by atoms with Crippen molar-refractivity contribution in [2.45, 2.75) is 14.3 Å². The fourth-order valence-corrected chi connectivity index (χ4v) is 5.54. The van der Waals surface area contributed by atoms with E-state index in [-0.39, 0.29) is 9.34 Å². The minimum Gasteiger partial charge on any atom is -0.252 e. The SMILES string of the molecule is O=S(=O)(Nc1nnc(SCc2ccccc2)s1)c1cccs1. The molecule has 0 saturated carbocycles. The van der Waals surface area contributed by atoms with Crippen LogP contribution in [-0.2, 0) is 15.8 Å². The zero-order valence-electron chi connectivity index (χ0n) is 11.2. The molecule has 114 valence electrons. The Bertz CT molecular complexity index is 829. The summed E-state index contributed by atoms with van der Waals surface area (Å²) in [5, 5.41) is 9.89. The molecule has 0 bridgehead atoms. The van der Waals surface area contributed by atoms with Crippen LogP contribution < -0.4 is 4.72 Å². The first-order valence-electron chi connectivity index (χ1n) is 6.20. The van der Waals surface area contributed by atoms with Crippen LogP contribution in [0.2, 0.25) is 0 Å². The monoisotopic (exact) mass is 369 g/mol. The average Bonchev–Trinajstić information content (AvgIpc) is 3.17. The lowest BCUT2D eigenvalue weighted by Gasteiger charge is -2.00. The molecule has 0 aliphatic rings. The zero-order chi connectivity index (χ0) is 15.4. The molecule has 0 aliphatic carbocycles. The van der Waals surface area contributed by atoms with Crippen molar-refractivity contribution in [2.24, 2.45) is 0 Å². The van der Waals surface area contributed by atoms with E-state index in [9.17, 15) is 8.42 Å². The van der Waals surface area contributed by atoms with Crippen molar-refractivity contribution in [3.63, 3.8) is 0 Å². The average molecular weight is 370 g/mol. The zero-order valence-corrected chi connectivity index (χ0v) is 14.4. The summed E-state index contributed by atoms with van der Waals surface area (Å²) in [5.41, 5.74) is 1.18. The van der Waals surface area contributed by atoms with Crippen molar-refractivity contribution in [1.29, 1.82) is 0 Å². The molecule has 5 nitrogen and oxygen atoms in total. The smallest absolute Gasteiger partial charge is 0.252 e. The van der Waals surface area contributed by atoms with Gasteiger partial charge in [-0.05, 0) is 17.0 Å². The second-order valence-electron chi connectivity index (χ2n) is 4.18. The van der Waals surface area contributed by atoms with Gasteiger partial charge in [0.05, 0.1) is 0 Å². The van der Waals surface area contributed by atoms with E-state index in [0.29, 0.717) is 0 Å². The quantitative estimate of drug-likeness (QED) is 0.671. The van der Waals surface area contributed by atoms with Gasteiger partial charge in [0, 0.05) is 5.75 Å². The standard InChI is InChI=1S/C13H11N3O2S4/c17-22(18,11-7-4-8-19-11)16-12-14-15-13(21-12)20-9-10-5-2-1-3-6-10/h1-8H,9H2,(H,14,16). The van der Waals surface area contributed by atoms with Gasteiger partial charge in [0.15, 0.2) is 4.34 Å². The number of thioether (sulfide) groups is 1. The van der Waals surface area contributed by atoms with Crippen molar-refractivity contribution in [1.82, 2.24) is 10.2 Å². The number of hydrogen-bond acceptors (Lipinski definition) is 7. The van der Waals surface area contributed by atoms with Crippen LogP contribution in [0, 0.1) is 0 Å². The first-order valence-corrected chi connectivity index (χ1v) is 10.4. The molecule has 0 spiro atoms. The normalized spacial score (nSPS) is 11.5.